The standard InChI is InChI=1S/C18H16N2O4/c1-24-18(23)20-17(22)15(12-13-8-4-2-5-9-13)19-16(21)14-10-6-3-7-11-14/h2-12H,1H3,(H,19,21)(H,20,22,23)/b15-12+. The molecule has 2 aromatic rings. The molecule has 3 amide bonds. The molecule has 24 heavy (non-hydrogen) atoms. The molecule has 0 fully saturated rings. The lowest BCUT2D eigenvalue weighted by Gasteiger charge is -2.10. The molecule has 0 atom stereocenters. The molecule has 0 radical (unpaired) electrons. The van der Waals surface area contributed by atoms with E-state index in [0.29, 0.717) is 11.1 Å². The van der Waals surface area contributed by atoms with E-state index in [1.807, 2.05) is 11.4 Å². The Bertz CT molecular complexity index is 755. The number of imide groups is 1. The van der Waals surface area contributed by atoms with E-state index in [-0.39, 0.29) is 5.70 Å². The topological polar surface area (TPSA) is 84.5 Å². The number of nitrogens with one attached hydrogen (secondary N) is 2. The van der Waals surface area contributed by atoms with Gasteiger partial charge in [0.2, 0.25) is 0 Å². The number of carbonyl (C=O) groups is 3. The van der Waals surface area contributed by atoms with Gasteiger partial charge in [-0.05, 0) is 23.8 Å². The van der Waals surface area contributed by atoms with Crippen molar-refractivity contribution in [1.82, 2.24) is 10.6 Å². The van der Waals surface area contributed by atoms with Crippen LogP contribution in [0.25, 0.3) is 6.08 Å². The highest BCUT2D eigenvalue weighted by molar-refractivity contribution is 6.09. The molecule has 122 valence electrons. The first-order chi connectivity index (χ1) is 11.6. The Morgan fingerprint density at radius 2 is 1.46 bits per heavy atom. The average molecular weight is 324 g/mol. The summed E-state index contributed by atoms with van der Waals surface area (Å²) in [4.78, 5) is 35.7. The quantitative estimate of drug-likeness (QED) is 0.846. The van der Waals surface area contributed by atoms with Crippen molar-refractivity contribution in [1.29, 1.82) is 0 Å². The first kappa shape index (κ1) is 17.0. The van der Waals surface area contributed by atoms with E-state index in [9.17, 15) is 14.4 Å². The Morgan fingerprint density at radius 1 is 0.875 bits per heavy atom. The predicted octanol–water partition coefficient (Wildman–Crippen LogP) is 2.34. The van der Waals surface area contributed by atoms with Gasteiger partial charge in [-0.15, -0.1) is 0 Å². The van der Waals surface area contributed by atoms with Crippen LogP contribution in [-0.2, 0) is 9.53 Å². The fourth-order valence-electron chi connectivity index (χ4n) is 1.87. The van der Waals surface area contributed by atoms with Gasteiger partial charge in [0, 0.05) is 5.56 Å². The Hall–Kier alpha value is -3.41. The molecule has 0 aliphatic heterocycles. The van der Waals surface area contributed by atoms with Crippen molar-refractivity contribution in [3.63, 3.8) is 0 Å². The number of carbonyl (C=O) groups excluding carboxylic acids is 3. The minimum atomic E-state index is -0.909. The number of ether oxygens (including phenoxy) is 1. The summed E-state index contributed by atoms with van der Waals surface area (Å²) in [5.74, 6) is -1.23. The molecule has 6 nitrogen and oxygen atoms in total. The Labute approximate surface area is 139 Å². The minimum Gasteiger partial charge on any atom is -0.453 e. The van der Waals surface area contributed by atoms with Crippen LogP contribution >= 0.6 is 0 Å². The molecule has 0 saturated carbocycles. The van der Waals surface area contributed by atoms with Crippen LogP contribution in [0.5, 0.6) is 0 Å². The van der Waals surface area contributed by atoms with Gasteiger partial charge in [0.05, 0.1) is 7.11 Å². The lowest BCUT2D eigenvalue weighted by Crippen LogP contribution is -2.38. The van der Waals surface area contributed by atoms with Crippen LogP contribution < -0.4 is 10.6 Å². The second-order valence-electron chi connectivity index (χ2n) is 4.73. The number of benzene rings is 2. The van der Waals surface area contributed by atoms with Crippen LogP contribution in [0.3, 0.4) is 0 Å². The van der Waals surface area contributed by atoms with Gasteiger partial charge in [0.25, 0.3) is 11.8 Å². The average Bonchev–Trinajstić information content (AvgIpc) is 2.62. The summed E-state index contributed by atoms with van der Waals surface area (Å²) in [6.07, 6.45) is 0.562. The van der Waals surface area contributed by atoms with E-state index < -0.39 is 17.9 Å². The highest BCUT2D eigenvalue weighted by Crippen LogP contribution is 2.07. The fraction of sp³-hybridized carbons (Fsp3) is 0.0556. The molecule has 0 bridgehead atoms. The van der Waals surface area contributed by atoms with Gasteiger partial charge in [-0.25, -0.2) is 4.79 Å². The summed E-state index contributed by atoms with van der Waals surface area (Å²) in [7, 11) is 1.14. The number of amides is 3. The third-order valence-corrected chi connectivity index (χ3v) is 3.04. The second kappa shape index (κ2) is 8.28. The van der Waals surface area contributed by atoms with Gasteiger partial charge >= 0.3 is 6.09 Å². The highest BCUT2D eigenvalue weighted by Gasteiger charge is 2.17. The van der Waals surface area contributed by atoms with Crippen LogP contribution in [0.2, 0.25) is 0 Å². The number of rotatable bonds is 4. The first-order valence-corrected chi connectivity index (χ1v) is 7.12. The molecule has 0 spiro atoms. The van der Waals surface area contributed by atoms with Gasteiger partial charge in [0.1, 0.15) is 5.70 Å². The minimum absolute atomic E-state index is 0.0690. The molecule has 6 heteroatoms. The van der Waals surface area contributed by atoms with Crippen molar-refractivity contribution in [3.05, 3.63) is 77.5 Å². The molecule has 0 aliphatic carbocycles. The Morgan fingerprint density at radius 3 is 2.04 bits per heavy atom. The van der Waals surface area contributed by atoms with Crippen molar-refractivity contribution < 1.29 is 19.1 Å². The van der Waals surface area contributed by atoms with Crippen LogP contribution in [-0.4, -0.2) is 25.0 Å². The number of hydrogen-bond acceptors (Lipinski definition) is 4. The molecule has 2 rings (SSSR count). The molecule has 0 heterocycles. The third-order valence-electron chi connectivity index (χ3n) is 3.04. The largest absolute Gasteiger partial charge is 0.453 e. The van der Waals surface area contributed by atoms with Crippen molar-refractivity contribution >= 4 is 24.0 Å². The van der Waals surface area contributed by atoms with Gasteiger partial charge in [-0.2, -0.15) is 0 Å². The van der Waals surface area contributed by atoms with E-state index in [4.69, 9.17) is 0 Å². The van der Waals surface area contributed by atoms with Crippen molar-refractivity contribution in [3.8, 4) is 0 Å². The molecule has 2 N–H and O–H groups in total. The molecule has 0 unspecified atom stereocenters. The van der Waals surface area contributed by atoms with Crippen LogP contribution in [0, 0.1) is 0 Å². The molecule has 0 aromatic heterocycles. The first-order valence-electron chi connectivity index (χ1n) is 7.12. The summed E-state index contributed by atoms with van der Waals surface area (Å²) in [5.41, 5.74) is 1.02. The zero-order chi connectivity index (χ0) is 17.4. The lowest BCUT2D eigenvalue weighted by atomic mass is 10.1. The van der Waals surface area contributed by atoms with Crippen LogP contribution in [0.15, 0.2) is 66.4 Å². The summed E-state index contributed by atoms with van der Waals surface area (Å²) in [6, 6.07) is 17.4. The van der Waals surface area contributed by atoms with Gasteiger partial charge < -0.3 is 10.1 Å². The fourth-order valence-corrected chi connectivity index (χ4v) is 1.87. The summed E-state index contributed by atoms with van der Waals surface area (Å²) in [6.45, 7) is 0. The maximum Gasteiger partial charge on any atom is 0.413 e. The molecule has 0 saturated heterocycles. The second-order valence-corrected chi connectivity index (χ2v) is 4.73. The number of alkyl carbamates (subject to hydrolysis) is 1. The Kier molecular flexibility index (Phi) is 5.85. The highest BCUT2D eigenvalue weighted by atomic mass is 16.5. The number of hydrogen-bond donors (Lipinski definition) is 2. The molecule has 2 aromatic carbocycles. The summed E-state index contributed by atoms with van der Waals surface area (Å²) in [5, 5.41) is 4.54. The number of methoxy groups -OCH3 is 1. The molecular formula is C18H16N2O4. The third kappa shape index (κ3) is 4.81. The van der Waals surface area contributed by atoms with E-state index in [1.54, 1.807) is 54.6 Å². The van der Waals surface area contributed by atoms with Gasteiger partial charge in [-0.1, -0.05) is 48.5 Å². The zero-order valence-corrected chi connectivity index (χ0v) is 13.0. The SMILES string of the molecule is COC(=O)NC(=O)/C(=C\c1ccccc1)NC(=O)c1ccccc1. The Balaban J connectivity index is 2.25. The monoisotopic (exact) mass is 324 g/mol. The van der Waals surface area contributed by atoms with Crippen molar-refractivity contribution in [2.75, 3.05) is 7.11 Å². The van der Waals surface area contributed by atoms with Crippen molar-refractivity contribution in [2.24, 2.45) is 0 Å². The smallest absolute Gasteiger partial charge is 0.413 e. The van der Waals surface area contributed by atoms with E-state index in [2.05, 4.69) is 10.1 Å². The zero-order valence-electron chi connectivity index (χ0n) is 13.0. The predicted molar refractivity (Wildman–Crippen MR) is 88.9 cm³/mol. The van der Waals surface area contributed by atoms with Crippen LogP contribution in [0.1, 0.15) is 15.9 Å². The molecular weight excluding hydrogens is 308 g/mol. The van der Waals surface area contributed by atoms with Crippen molar-refractivity contribution in [2.45, 2.75) is 0 Å². The maximum atomic E-state index is 12.3. The summed E-state index contributed by atoms with van der Waals surface area (Å²) >= 11 is 0. The van der Waals surface area contributed by atoms with Gasteiger partial charge in [-0.3, -0.25) is 14.9 Å². The maximum absolute atomic E-state index is 12.3. The molecule has 0 aliphatic rings. The van der Waals surface area contributed by atoms with E-state index in [1.165, 1.54) is 6.08 Å². The van der Waals surface area contributed by atoms with E-state index >= 15 is 0 Å². The normalized spacial score (nSPS) is 10.6. The van der Waals surface area contributed by atoms with Gasteiger partial charge in [0.15, 0.2) is 0 Å². The van der Waals surface area contributed by atoms with Crippen LogP contribution in [0.4, 0.5) is 4.79 Å². The van der Waals surface area contributed by atoms with E-state index in [0.717, 1.165) is 7.11 Å². The lowest BCUT2D eigenvalue weighted by molar-refractivity contribution is -0.117. The summed E-state index contributed by atoms with van der Waals surface area (Å²) < 4.78 is 4.40.